The molecule has 1 aromatic heterocycles. The number of hydrogen-bond acceptors (Lipinski definition) is 2. The SMILES string of the molecule is CCc1ccc(CC(NC)c2ccncc2CC)cc1. The Balaban J connectivity index is 2.19. The van der Waals surface area contributed by atoms with E-state index >= 15 is 0 Å². The maximum Gasteiger partial charge on any atom is 0.0362 e. The Hall–Kier alpha value is -1.67. The summed E-state index contributed by atoms with van der Waals surface area (Å²) in [5.74, 6) is 0. The summed E-state index contributed by atoms with van der Waals surface area (Å²) in [7, 11) is 2.03. The van der Waals surface area contributed by atoms with E-state index in [0.717, 1.165) is 19.3 Å². The van der Waals surface area contributed by atoms with Gasteiger partial charge in [-0.25, -0.2) is 0 Å². The molecule has 0 amide bonds. The molecule has 0 aliphatic carbocycles. The zero-order chi connectivity index (χ0) is 14.4. The fourth-order valence-corrected chi connectivity index (χ4v) is 2.59. The minimum atomic E-state index is 0.348. The minimum Gasteiger partial charge on any atom is -0.313 e. The van der Waals surface area contributed by atoms with Crippen LogP contribution >= 0.6 is 0 Å². The molecule has 0 saturated carbocycles. The molecule has 106 valence electrons. The van der Waals surface area contributed by atoms with Gasteiger partial charge < -0.3 is 5.32 Å². The van der Waals surface area contributed by atoms with Crippen molar-refractivity contribution in [2.45, 2.75) is 39.2 Å². The summed E-state index contributed by atoms with van der Waals surface area (Å²) in [5, 5.41) is 3.44. The summed E-state index contributed by atoms with van der Waals surface area (Å²) in [6, 6.07) is 11.4. The van der Waals surface area contributed by atoms with E-state index in [9.17, 15) is 0 Å². The van der Waals surface area contributed by atoms with Crippen molar-refractivity contribution >= 4 is 0 Å². The fourth-order valence-electron chi connectivity index (χ4n) is 2.59. The predicted octanol–water partition coefficient (Wildman–Crippen LogP) is 3.71. The zero-order valence-corrected chi connectivity index (χ0v) is 12.7. The topological polar surface area (TPSA) is 24.9 Å². The van der Waals surface area contributed by atoms with Gasteiger partial charge in [0.25, 0.3) is 0 Å². The maximum atomic E-state index is 4.23. The van der Waals surface area contributed by atoms with Crippen molar-refractivity contribution in [2.75, 3.05) is 7.05 Å². The zero-order valence-electron chi connectivity index (χ0n) is 12.7. The molecule has 0 aliphatic heterocycles. The summed E-state index contributed by atoms with van der Waals surface area (Å²) in [6.45, 7) is 4.37. The van der Waals surface area contributed by atoms with Crippen LogP contribution in [0.3, 0.4) is 0 Å². The second kappa shape index (κ2) is 7.20. The lowest BCUT2D eigenvalue weighted by Gasteiger charge is -2.19. The standard InChI is InChI=1S/C18H24N2/c1-4-14-6-8-15(9-7-14)12-18(19-3)17-10-11-20-13-16(17)5-2/h6-11,13,18-19H,4-5,12H2,1-3H3. The van der Waals surface area contributed by atoms with Crippen LogP contribution in [0, 0.1) is 0 Å². The second-order valence-electron chi connectivity index (χ2n) is 5.14. The molecule has 0 radical (unpaired) electrons. The van der Waals surface area contributed by atoms with E-state index in [2.05, 4.69) is 54.5 Å². The number of likely N-dealkylation sites (N-methyl/N-ethyl adjacent to an activating group) is 1. The summed E-state index contributed by atoms with van der Waals surface area (Å²) in [4.78, 5) is 4.23. The summed E-state index contributed by atoms with van der Waals surface area (Å²) in [5.41, 5.74) is 5.47. The van der Waals surface area contributed by atoms with Crippen molar-refractivity contribution in [1.29, 1.82) is 0 Å². The van der Waals surface area contributed by atoms with Gasteiger partial charge in [-0.3, -0.25) is 4.98 Å². The highest BCUT2D eigenvalue weighted by Gasteiger charge is 2.13. The average molecular weight is 268 g/mol. The van der Waals surface area contributed by atoms with Gasteiger partial charge in [-0.15, -0.1) is 0 Å². The number of nitrogens with one attached hydrogen (secondary N) is 1. The molecule has 0 fully saturated rings. The highest BCUT2D eigenvalue weighted by molar-refractivity contribution is 5.30. The molecule has 1 N–H and O–H groups in total. The number of benzene rings is 1. The first kappa shape index (κ1) is 14.7. The molecule has 0 bridgehead atoms. The first-order valence-corrected chi connectivity index (χ1v) is 7.46. The van der Waals surface area contributed by atoms with Crippen LogP contribution in [0.1, 0.15) is 42.1 Å². The van der Waals surface area contributed by atoms with Gasteiger partial charge in [-0.05, 0) is 54.6 Å². The van der Waals surface area contributed by atoms with Gasteiger partial charge in [0.05, 0.1) is 0 Å². The monoisotopic (exact) mass is 268 g/mol. The molecule has 0 saturated heterocycles. The lowest BCUT2D eigenvalue weighted by Crippen LogP contribution is -2.20. The Kier molecular flexibility index (Phi) is 5.31. The Labute approximate surface area is 122 Å². The Bertz CT molecular complexity index is 531. The number of rotatable bonds is 6. The average Bonchev–Trinajstić information content (AvgIpc) is 2.53. The largest absolute Gasteiger partial charge is 0.313 e. The number of nitrogens with zero attached hydrogens (tertiary/aromatic N) is 1. The van der Waals surface area contributed by atoms with Crippen LogP contribution < -0.4 is 5.32 Å². The first-order chi connectivity index (χ1) is 9.78. The van der Waals surface area contributed by atoms with Crippen molar-refractivity contribution in [3.05, 3.63) is 65.0 Å². The third-order valence-corrected chi connectivity index (χ3v) is 3.92. The van der Waals surface area contributed by atoms with Crippen molar-refractivity contribution in [3.8, 4) is 0 Å². The van der Waals surface area contributed by atoms with Crippen molar-refractivity contribution in [1.82, 2.24) is 10.3 Å². The molecule has 1 unspecified atom stereocenters. The maximum absolute atomic E-state index is 4.23. The van der Waals surface area contributed by atoms with E-state index in [0.29, 0.717) is 6.04 Å². The Morgan fingerprint density at radius 3 is 2.30 bits per heavy atom. The molecule has 0 aliphatic rings. The first-order valence-electron chi connectivity index (χ1n) is 7.46. The van der Waals surface area contributed by atoms with Gasteiger partial charge in [0, 0.05) is 18.4 Å². The molecule has 20 heavy (non-hydrogen) atoms. The molecular weight excluding hydrogens is 244 g/mol. The van der Waals surface area contributed by atoms with Gasteiger partial charge in [0.1, 0.15) is 0 Å². The summed E-state index contributed by atoms with van der Waals surface area (Å²) < 4.78 is 0. The van der Waals surface area contributed by atoms with E-state index in [1.807, 2.05) is 19.4 Å². The van der Waals surface area contributed by atoms with Gasteiger partial charge in [-0.2, -0.15) is 0 Å². The number of aryl methyl sites for hydroxylation is 2. The van der Waals surface area contributed by atoms with Gasteiger partial charge in [-0.1, -0.05) is 38.1 Å². The van der Waals surface area contributed by atoms with Crippen LogP contribution in [-0.4, -0.2) is 12.0 Å². The highest BCUT2D eigenvalue weighted by atomic mass is 14.9. The normalized spacial score (nSPS) is 12.3. The predicted molar refractivity (Wildman–Crippen MR) is 84.9 cm³/mol. The van der Waals surface area contributed by atoms with E-state index < -0.39 is 0 Å². The van der Waals surface area contributed by atoms with Crippen molar-refractivity contribution < 1.29 is 0 Å². The van der Waals surface area contributed by atoms with E-state index in [-0.39, 0.29) is 0 Å². The number of hydrogen-bond donors (Lipinski definition) is 1. The second-order valence-corrected chi connectivity index (χ2v) is 5.14. The third-order valence-electron chi connectivity index (χ3n) is 3.92. The third kappa shape index (κ3) is 3.45. The van der Waals surface area contributed by atoms with Crippen LogP contribution in [-0.2, 0) is 19.3 Å². The van der Waals surface area contributed by atoms with Gasteiger partial charge >= 0.3 is 0 Å². The van der Waals surface area contributed by atoms with Crippen molar-refractivity contribution in [2.24, 2.45) is 0 Å². The minimum absolute atomic E-state index is 0.348. The molecule has 1 atom stereocenters. The molecule has 1 aromatic carbocycles. The van der Waals surface area contributed by atoms with Crippen LogP contribution in [0.5, 0.6) is 0 Å². The molecule has 1 heterocycles. The van der Waals surface area contributed by atoms with E-state index in [4.69, 9.17) is 0 Å². The molecule has 0 spiro atoms. The quantitative estimate of drug-likeness (QED) is 0.864. The fraction of sp³-hybridized carbons (Fsp3) is 0.389. The lowest BCUT2D eigenvalue weighted by molar-refractivity contribution is 0.586. The molecule has 2 heteroatoms. The van der Waals surface area contributed by atoms with E-state index in [1.54, 1.807) is 0 Å². The van der Waals surface area contributed by atoms with Crippen LogP contribution in [0.15, 0.2) is 42.7 Å². The van der Waals surface area contributed by atoms with Crippen LogP contribution in [0.2, 0.25) is 0 Å². The smallest absolute Gasteiger partial charge is 0.0362 e. The van der Waals surface area contributed by atoms with E-state index in [1.165, 1.54) is 22.3 Å². The Morgan fingerprint density at radius 1 is 1.00 bits per heavy atom. The Morgan fingerprint density at radius 2 is 1.70 bits per heavy atom. The lowest BCUT2D eigenvalue weighted by atomic mass is 9.95. The van der Waals surface area contributed by atoms with Crippen molar-refractivity contribution in [3.63, 3.8) is 0 Å². The number of aromatic nitrogens is 1. The highest BCUT2D eigenvalue weighted by Crippen LogP contribution is 2.22. The molecule has 2 rings (SSSR count). The van der Waals surface area contributed by atoms with Gasteiger partial charge in [0.2, 0.25) is 0 Å². The molecule has 2 nitrogen and oxygen atoms in total. The molecular formula is C18H24N2. The van der Waals surface area contributed by atoms with Crippen LogP contribution in [0.4, 0.5) is 0 Å². The molecule has 2 aromatic rings. The summed E-state index contributed by atoms with van der Waals surface area (Å²) >= 11 is 0. The summed E-state index contributed by atoms with van der Waals surface area (Å²) in [6.07, 6.45) is 7.01. The van der Waals surface area contributed by atoms with Crippen LogP contribution in [0.25, 0.3) is 0 Å². The number of pyridine rings is 1. The van der Waals surface area contributed by atoms with Gasteiger partial charge in [0.15, 0.2) is 0 Å².